The molecule has 0 saturated carbocycles. The van der Waals surface area contributed by atoms with E-state index < -0.39 is 0 Å². The van der Waals surface area contributed by atoms with Gasteiger partial charge in [-0.2, -0.15) is 0 Å². The van der Waals surface area contributed by atoms with Crippen molar-refractivity contribution in [2.45, 2.75) is 31.5 Å². The highest BCUT2D eigenvalue weighted by molar-refractivity contribution is 6.32. The minimum atomic E-state index is 0.343. The van der Waals surface area contributed by atoms with E-state index >= 15 is 0 Å². The van der Waals surface area contributed by atoms with E-state index in [9.17, 15) is 0 Å². The lowest BCUT2D eigenvalue weighted by atomic mass is 9.92. The van der Waals surface area contributed by atoms with Gasteiger partial charge in [-0.1, -0.05) is 54.1 Å². The molecule has 2 atom stereocenters. The van der Waals surface area contributed by atoms with Gasteiger partial charge >= 0.3 is 0 Å². The maximum absolute atomic E-state index is 6.21. The van der Waals surface area contributed by atoms with Crippen molar-refractivity contribution in [1.82, 2.24) is 10.6 Å². The maximum atomic E-state index is 6.21. The predicted molar refractivity (Wildman–Crippen MR) is 95.1 cm³/mol. The van der Waals surface area contributed by atoms with Crippen LogP contribution in [-0.2, 0) is 6.54 Å². The molecule has 1 heterocycles. The summed E-state index contributed by atoms with van der Waals surface area (Å²) in [5, 5.41) is 7.99. The van der Waals surface area contributed by atoms with Gasteiger partial charge in [-0.15, -0.1) is 0 Å². The summed E-state index contributed by atoms with van der Waals surface area (Å²) in [7, 11) is 1.67. The van der Waals surface area contributed by atoms with Gasteiger partial charge in [0.25, 0.3) is 0 Å². The van der Waals surface area contributed by atoms with E-state index in [0.717, 1.165) is 30.8 Å². The molecule has 0 amide bonds. The number of methoxy groups -OCH3 is 1. The molecule has 3 rings (SSSR count). The molecule has 0 bridgehead atoms. The molecular formula is C19H23ClN2O. The van der Waals surface area contributed by atoms with E-state index in [4.69, 9.17) is 16.3 Å². The van der Waals surface area contributed by atoms with E-state index in [-0.39, 0.29) is 0 Å². The average Bonchev–Trinajstić information content (AvgIpc) is 2.61. The van der Waals surface area contributed by atoms with Gasteiger partial charge in [0.05, 0.1) is 12.1 Å². The topological polar surface area (TPSA) is 33.3 Å². The minimum absolute atomic E-state index is 0.343. The summed E-state index contributed by atoms with van der Waals surface area (Å²) >= 11 is 6.21. The zero-order valence-corrected chi connectivity index (χ0v) is 14.1. The quantitative estimate of drug-likeness (QED) is 0.871. The van der Waals surface area contributed by atoms with Gasteiger partial charge in [-0.3, -0.25) is 0 Å². The zero-order chi connectivity index (χ0) is 16.1. The first-order valence-electron chi connectivity index (χ1n) is 8.12. The molecule has 4 heteroatoms. The van der Waals surface area contributed by atoms with Gasteiger partial charge in [-0.05, 0) is 31.0 Å². The Morgan fingerprint density at radius 2 is 2.00 bits per heavy atom. The number of piperidine rings is 1. The molecule has 2 N–H and O–H groups in total. The number of hydrogen-bond donors (Lipinski definition) is 2. The fourth-order valence-corrected chi connectivity index (χ4v) is 3.55. The average molecular weight is 331 g/mol. The molecule has 0 unspecified atom stereocenters. The maximum Gasteiger partial charge on any atom is 0.141 e. The highest BCUT2D eigenvalue weighted by Crippen LogP contribution is 2.29. The van der Waals surface area contributed by atoms with Gasteiger partial charge in [0.2, 0.25) is 0 Å². The Bertz CT molecular complexity index is 633. The SMILES string of the molecule is COc1c(Cl)cccc1CN[C@H]1CCCN[C@H]1c1ccccc1. The third kappa shape index (κ3) is 3.86. The molecule has 0 spiro atoms. The largest absolute Gasteiger partial charge is 0.495 e. The molecule has 1 aliphatic rings. The van der Waals surface area contributed by atoms with Crippen molar-refractivity contribution in [1.29, 1.82) is 0 Å². The number of rotatable bonds is 5. The summed E-state index contributed by atoms with van der Waals surface area (Å²) in [5.41, 5.74) is 2.43. The van der Waals surface area contributed by atoms with E-state index in [2.05, 4.69) is 47.0 Å². The lowest BCUT2D eigenvalue weighted by molar-refractivity contribution is 0.303. The van der Waals surface area contributed by atoms with Crippen LogP contribution in [0.3, 0.4) is 0 Å². The molecule has 3 nitrogen and oxygen atoms in total. The number of halogens is 1. The van der Waals surface area contributed by atoms with E-state index in [1.807, 2.05) is 12.1 Å². The van der Waals surface area contributed by atoms with Crippen molar-refractivity contribution in [2.24, 2.45) is 0 Å². The summed E-state index contributed by atoms with van der Waals surface area (Å²) in [6, 6.07) is 17.3. The Morgan fingerprint density at radius 3 is 2.78 bits per heavy atom. The fraction of sp³-hybridized carbons (Fsp3) is 0.368. The van der Waals surface area contributed by atoms with E-state index in [1.165, 1.54) is 12.0 Å². The third-order valence-corrected chi connectivity index (χ3v) is 4.72. The summed E-state index contributed by atoms with van der Waals surface area (Å²) < 4.78 is 5.44. The first-order valence-corrected chi connectivity index (χ1v) is 8.50. The lowest BCUT2D eigenvalue weighted by Crippen LogP contribution is -2.45. The molecule has 1 aliphatic heterocycles. The Kier molecular flexibility index (Phi) is 5.55. The van der Waals surface area contributed by atoms with Crippen molar-refractivity contribution in [3.8, 4) is 5.75 Å². The van der Waals surface area contributed by atoms with Gasteiger partial charge < -0.3 is 15.4 Å². The first kappa shape index (κ1) is 16.3. The second-order valence-electron chi connectivity index (χ2n) is 5.90. The van der Waals surface area contributed by atoms with Crippen LogP contribution < -0.4 is 15.4 Å². The Hall–Kier alpha value is -1.55. The molecule has 2 aromatic rings. The number of benzene rings is 2. The van der Waals surface area contributed by atoms with Crippen LogP contribution in [0.15, 0.2) is 48.5 Å². The first-order chi connectivity index (χ1) is 11.3. The second kappa shape index (κ2) is 7.82. The van der Waals surface area contributed by atoms with E-state index in [1.54, 1.807) is 7.11 Å². The predicted octanol–water partition coefficient (Wildman–Crippen LogP) is 3.93. The lowest BCUT2D eigenvalue weighted by Gasteiger charge is -2.34. The van der Waals surface area contributed by atoms with Gasteiger partial charge in [-0.25, -0.2) is 0 Å². The van der Waals surface area contributed by atoms with E-state index in [0.29, 0.717) is 17.1 Å². The summed E-state index contributed by atoms with van der Waals surface area (Å²) in [4.78, 5) is 0. The molecule has 122 valence electrons. The number of nitrogens with one attached hydrogen (secondary N) is 2. The van der Waals surface area contributed by atoms with Crippen LogP contribution >= 0.6 is 11.6 Å². The van der Waals surface area contributed by atoms with Gasteiger partial charge in [0, 0.05) is 24.2 Å². The summed E-state index contributed by atoms with van der Waals surface area (Å²) in [5.74, 6) is 0.765. The van der Waals surface area contributed by atoms with Gasteiger partial charge in [0.15, 0.2) is 0 Å². The number of ether oxygens (including phenoxy) is 1. The minimum Gasteiger partial charge on any atom is -0.495 e. The fourth-order valence-electron chi connectivity index (χ4n) is 3.28. The molecule has 1 fully saturated rings. The molecule has 0 aliphatic carbocycles. The smallest absolute Gasteiger partial charge is 0.141 e. The zero-order valence-electron chi connectivity index (χ0n) is 13.4. The Balaban J connectivity index is 1.72. The van der Waals surface area contributed by atoms with Gasteiger partial charge in [0.1, 0.15) is 5.75 Å². The van der Waals surface area contributed by atoms with Crippen LogP contribution in [0.5, 0.6) is 5.75 Å². The van der Waals surface area contributed by atoms with Crippen LogP contribution in [-0.4, -0.2) is 19.7 Å². The number of hydrogen-bond acceptors (Lipinski definition) is 3. The second-order valence-corrected chi connectivity index (χ2v) is 6.31. The van der Waals surface area contributed by atoms with Crippen molar-refractivity contribution >= 4 is 11.6 Å². The van der Waals surface area contributed by atoms with Crippen LogP contribution in [0.1, 0.15) is 30.0 Å². The van der Waals surface area contributed by atoms with Crippen molar-refractivity contribution in [2.75, 3.05) is 13.7 Å². The highest BCUT2D eigenvalue weighted by Gasteiger charge is 2.25. The third-order valence-electron chi connectivity index (χ3n) is 4.42. The molecule has 0 aromatic heterocycles. The highest BCUT2D eigenvalue weighted by atomic mass is 35.5. The van der Waals surface area contributed by atoms with Crippen LogP contribution in [0.4, 0.5) is 0 Å². The number of para-hydroxylation sites is 1. The Morgan fingerprint density at radius 1 is 1.17 bits per heavy atom. The molecule has 2 aromatic carbocycles. The molecule has 1 saturated heterocycles. The van der Waals surface area contributed by atoms with Crippen LogP contribution in [0, 0.1) is 0 Å². The van der Waals surface area contributed by atoms with Crippen molar-refractivity contribution in [3.05, 3.63) is 64.7 Å². The molecule has 23 heavy (non-hydrogen) atoms. The van der Waals surface area contributed by atoms with Crippen molar-refractivity contribution in [3.63, 3.8) is 0 Å². The normalized spacial score (nSPS) is 21.1. The summed E-state index contributed by atoms with van der Waals surface area (Å²) in [6.45, 7) is 1.82. The van der Waals surface area contributed by atoms with Crippen molar-refractivity contribution < 1.29 is 4.74 Å². The standard InChI is InChI=1S/C19H23ClN2O/c1-23-19-15(9-5-10-16(19)20)13-22-17-11-6-12-21-18(17)14-7-3-2-4-8-14/h2-5,7-10,17-18,21-22H,6,11-13H2,1H3/t17-,18-/m0/s1. The monoisotopic (exact) mass is 330 g/mol. The van der Waals surface area contributed by atoms with Crippen LogP contribution in [0.25, 0.3) is 0 Å². The Labute approximate surface area is 143 Å². The summed E-state index contributed by atoms with van der Waals surface area (Å²) in [6.07, 6.45) is 2.35. The molecule has 0 radical (unpaired) electrons. The molecular weight excluding hydrogens is 308 g/mol. The van der Waals surface area contributed by atoms with Crippen LogP contribution in [0.2, 0.25) is 5.02 Å².